The van der Waals surface area contributed by atoms with Crippen molar-refractivity contribution in [3.63, 3.8) is 0 Å². The van der Waals surface area contributed by atoms with Gasteiger partial charge in [0.25, 0.3) is 0 Å². The van der Waals surface area contributed by atoms with Crippen LogP contribution >= 0.6 is 0 Å². The maximum Gasteiger partial charge on any atom is 0.137 e. The van der Waals surface area contributed by atoms with Gasteiger partial charge in [-0.1, -0.05) is 30.3 Å². The van der Waals surface area contributed by atoms with Crippen LogP contribution in [0.1, 0.15) is 30.8 Å². The van der Waals surface area contributed by atoms with Crippen molar-refractivity contribution in [1.82, 2.24) is 14.3 Å². The van der Waals surface area contributed by atoms with Gasteiger partial charge in [0, 0.05) is 31.0 Å². The van der Waals surface area contributed by atoms with Crippen molar-refractivity contribution in [3.8, 4) is 0 Å². The van der Waals surface area contributed by atoms with Gasteiger partial charge in [0.05, 0.1) is 11.4 Å². The van der Waals surface area contributed by atoms with Gasteiger partial charge in [0.1, 0.15) is 5.65 Å². The van der Waals surface area contributed by atoms with Crippen molar-refractivity contribution in [3.05, 3.63) is 65.6 Å². The Kier molecular flexibility index (Phi) is 4.35. The van der Waals surface area contributed by atoms with Crippen molar-refractivity contribution in [1.29, 1.82) is 0 Å². The van der Waals surface area contributed by atoms with Gasteiger partial charge in [-0.15, -0.1) is 0 Å². The number of hydrogen-bond acceptors (Lipinski definition) is 3. The number of nitrogen functional groups attached to an aromatic ring is 1. The van der Waals surface area contributed by atoms with Crippen molar-refractivity contribution in [2.24, 2.45) is 0 Å². The zero-order valence-corrected chi connectivity index (χ0v) is 14.0. The third-order valence-electron chi connectivity index (χ3n) is 4.25. The predicted molar refractivity (Wildman–Crippen MR) is 95.2 cm³/mol. The van der Waals surface area contributed by atoms with Crippen LogP contribution in [-0.2, 0) is 13.1 Å². The topological polar surface area (TPSA) is 46.6 Å². The first-order valence-corrected chi connectivity index (χ1v) is 8.05. The van der Waals surface area contributed by atoms with Crippen LogP contribution in [0, 0.1) is 6.92 Å². The SMILES string of the molecule is Cc1nc2ccc(N)cn2c1CN(Cc1ccccc1)C(C)C. The molecule has 0 aliphatic carbocycles. The summed E-state index contributed by atoms with van der Waals surface area (Å²) < 4.78 is 2.12. The third-order valence-corrected chi connectivity index (χ3v) is 4.25. The highest BCUT2D eigenvalue weighted by Gasteiger charge is 2.16. The smallest absolute Gasteiger partial charge is 0.137 e. The van der Waals surface area contributed by atoms with Gasteiger partial charge in [-0.05, 0) is 38.5 Å². The highest BCUT2D eigenvalue weighted by Crippen LogP contribution is 2.19. The summed E-state index contributed by atoms with van der Waals surface area (Å²) in [5.41, 5.74) is 11.3. The van der Waals surface area contributed by atoms with Crippen LogP contribution in [0.25, 0.3) is 5.65 Å². The average Bonchev–Trinajstić information content (AvgIpc) is 2.83. The molecule has 0 fully saturated rings. The molecule has 4 nitrogen and oxygen atoms in total. The molecule has 2 heterocycles. The molecule has 2 aromatic heterocycles. The number of rotatable bonds is 5. The number of nitrogens with two attached hydrogens (primary N) is 1. The molecule has 0 spiro atoms. The maximum atomic E-state index is 5.95. The number of nitrogens with zero attached hydrogens (tertiary/aromatic N) is 3. The van der Waals surface area contributed by atoms with Gasteiger partial charge in [0.2, 0.25) is 0 Å². The molecule has 0 aliphatic heterocycles. The van der Waals surface area contributed by atoms with Crippen LogP contribution in [0.4, 0.5) is 5.69 Å². The Bertz CT molecular complexity index is 790. The highest BCUT2D eigenvalue weighted by atomic mass is 15.2. The normalized spacial score (nSPS) is 11.7. The number of pyridine rings is 1. The lowest BCUT2D eigenvalue weighted by atomic mass is 10.1. The summed E-state index contributed by atoms with van der Waals surface area (Å²) in [4.78, 5) is 7.11. The van der Waals surface area contributed by atoms with Crippen molar-refractivity contribution in [2.45, 2.75) is 39.9 Å². The van der Waals surface area contributed by atoms with Crippen LogP contribution in [0.15, 0.2) is 48.7 Å². The Hall–Kier alpha value is -2.33. The largest absolute Gasteiger partial charge is 0.398 e. The fraction of sp³-hybridized carbons (Fsp3) is 0.316. The summed E-state index contributed by atoms with van der Waals surface area (Å²) in [5, 5.41) is 0. The third kappa shape index (κ3) is 3.37. The minimum Gasteiger partial charge on any atom is -0.398 e. The zero-order valence-electron chi connectivity index (χ0n) is 14.0. The molecule has 23 heavy (non-hydrogen) atoms. The van der Waals surface area contributed by atoms with Crippen LogP contribution in [0.5, 0.6) is 0 Å². The summed E-state index contributed by atoms with van der Waals surface area (Å²) in [7, 11) is 0. The molecule has 0 aliphatic rings. The lowest BCUT2D eigenvalue weighted by Gasteiger charge is -2.26. The van der Waals surface area contributed by atoms with Crippen molar-refractivity contribution < 1.29 is 0 Å². The number of hydrogen-bond donors (Lipinski definition) is 1. The molecule has 2 N–H and O–H groups in total. The lowest BCUT2D eigenvalue weighted by molar-refractivity contribution is 0.200. The number of imidazole rings is 1. The molecule has 3 aromatic rings. The van der Waals surface area contributed by atoms with Crippen molar-refractivity contribution in [2.75, 3.05) is 5.73 Å². The van der Waals surface area contributed by atoms with E-state index < -0.39 is 0 Å². The summed E-state index contributed by atoms with van der Waals surface area (Å²) in [6.45, 7) is 8.31. The zero-order chi connectivity index (χ0) is 16.4. The number of aromatic nitrogens is 2. The van der Waals surface area contributed by atoms with E-state index in [4.69, 9.17) is 5.73 Å². The predicted octanol–water partition coefficient (Wildman–Crippen LogP) is 3.64. The van der Waals surface area contributed by atoms with E-state index in [1.165, 1.54) is 11.3 Å². The second-order valence-corrected chi connectivity index (χ2v) is 6.32. The monoisotopic (exact) mass is 308 g/mol. The van der Waals surface area contributed by atoms with Crippen LogP contribution in [0.3, 0.4) is 0 Å². The van der Waals surface area contributed by atoms with E-state index >= 15 is 0 Å². The first-order chi connectivity index (χ1) is 11.0. The molecule has 4 heteroatoms. The van der Waals surface area contributed by atoms with E-state index in [9.17, 15) is 0 Å². The maximum absolute atomic E-state index is 5.95. The Balaban J connectivity index is 1.91. The Morgan fingerprint density at radius 2 is 1.83 bits per heavy atom. The number of benzene rings is 1. The fourth-order valence-corrected chi connectivity index (χ4v) is 2.85. The molecular weight excluding hydrogens is 284 g/mol. The molecule has 0 atom stereocenters. The van der Waals surface area contributed by atoms with Crippen LogP contribution < -0.4 is 5.73 Å². The van der Waals surface area contributed by atoms with E-state index in [1.807, 2.05) is 18.3 Å². The average molecular weight is 308 g/mol. The summed E-state index contributed by atoms with van der Waals surface area (Å²) in [5.74, 6) is 0. The van der Waals surface area contributed by atoms with E-state index in [-0.39, 0.29) is 0 Å². The number of anilines is 1. The minimum atomic E-state index is 0.446. The molecule has 1 aromatic carbocycles. The molecule has 0 radical (unpaired) electrons. The van der Waals surface area contributed by atoms with Crippen LogP contribution in [-0.4, -0.2) is 20.3 Å². The highest BCUT2D eigenvalue weighted by molar-refractivity contribution is 5.50. The summed E-state index contributed by atoms with van der Waals surface area (Å²) in [6, 6.07) is 14.9. The summed E-state index contributed by atoms with van der Waals surface area (Å²) >= 11 is 0. The van der Waals surface area contributed by atoms with Gasteiger partial charge in [0.15, 0.2) is 0 Å². The second kappa shape index (κ2) is 6.42. The van der Waals surface area contributed by atoms with Gasteiger partial charge < -0.3 is 10.1 Å². The van der Waals surface area contributed by atoms with E-state index in [2.05, 4.69) is 65.4 Å². The molecule has 0 amide bonds. The standard InChI is InChI=1S/C19H24N4/c1-14(2)22(11-16-7-5-4-6-8-16)13-18-15(3)21-19-10-9-17(20)12-23(18)19/h4-10,12,14H,11,13,20H2,1-3H3. The number of fused-ring (bicyclic) bond motifs is 1. The Morgan fingerprint density at radius 3 is 2.52 bits per heavy atom. The van der Waals surface area contributed by atoms with Gasteiger partial charge in [-0.2, -0.15) is 0 Å². The molecule has 0 saturated carbocycles. The molecular formula is C19H24N4. The number of aryl methyl sites for hydroxylation is 1. The fourth-order valence-electron chi connectivity index (χ4n) is 2.85. The Morgan fingerprint density at radius 1 is 1.09 bits per heavy atom. The van der Waals surface area contributed by atoms with E-state index in [0.717, 1.165) is 30.1 Å². The first-order valence-electron chi connectivity index (χ1n) is 8.05. The quantitative estimate of drug-likeness (QED) is 0.783. The first kappa shape index (κ1) is 15.6. The van der Waals surface area contributed by atoms with Crippen molar-refractivity contribution >= 4 is 11.3 Å². The second-order valence-electron chi connectivity index (χ2n) is 6.32. The van der Waals surface area contributed by atoms with Gasteiger partial charge >= 0.3 is 0 Å². The van der Waals surface area contributed by atoms with Crippen LogP contribution in [0.2, 0.25) is 0 Å². The minimum absolute atomic E-state index is 0.446. The molecule has 3 rings (SSSR count). The molecule has 120 valence electrons. The molecule has 0 bridgehead atoms. The Labute approximate surface area is 137 Å². The lowest BCUT2D eigenvalue weighted by Crippen LogP contribution is -2.30. The summed E-state index contributed by atoms with van der Waals surface area (Å²) in [6.07, 6.45) is 1.96. The molecule has 0 unspecified atom stereocenters. The molecule has 0 saturated heterocycles. The van der Waals surface area contributed by atoms with E-state index in [1.54, 1.807) is 0 Å². The van der Waals surface area contributed by atoms with Gasteiger partial charge in [-0.3, -0.25) is 4.90 Å². The van der Waals surface area contributed by atoms with E-state index in [0.29, 0.717) is 6.04 Å². The van der Waals surface area contributed by atoms with Gasteiger partial charge in [-0.25, -0.2) is 4.98 Å².